The van der Waals surface area contributed by atoms with Gasteiger partial charge in [-0.1, -0.05) is 42.0 Å². The summed E-state index contributed by atoms with van der Waals surface area (Å²) in [6, 6.07) is 17.4. The Morgan fingerprint density at radius 3 is 2.25 bits per heavy atom. The monoisotopic (exact) mass is 323 g/mol. The van der Waals surface area contributed by atoms with Crippen LogP contribution in [0.25, 0.3) is 0 Å². The maximum absolute atomic E-state index is 9.40. The zero-order valence-corrected chi connectivity index (χ0v) is 14.7. The number of benzene rings is 2. The molecule has 2 aromatic rings. The number of phenolic OH excluding ortho intramolecular Hbond substituents is 1. The number of aromatic hydroxyl groups is 1. The summed E-state index contributed by atoms with van der Waals surface area (Å²) in [7, 11) is 0. The van der Waals surface area contributed by atoms with E-state index in [9.17, 15) is 5.11 Å². The van der Waals surface area contributed by atoms with Crippen LogP contribution < -0.4 is 5.32 Å². The van der Waals surface area contributed by atoms with Crippen molar-refractivity contribution in [2.45, 2.75) is 57.4 Å². The molecule has 0 atom stereocenters. The number of hydrogen-bond donors (Lipinski definition) is 2. The normalized spacial score (nSPS) is 20.9. The van der Waals surface area contributed by atoms with Crippen molar-refractivity contribution in [3.8, 4) is 5.75 Å². The summed E-state index contributed by atoms with van der Waals surface area (Å²) >= 11 is 0. The lowest BCUT2D eigenvalue weighted by molar-refractivity contribution is 0.342. The maximum atomic E-state index is 9.40. The van der Waals surface area contributed by atoms with Crippen LogP contribution in [0, 0.1) is 6.92 Å². The van der Waals surface area contributed by atoms with Gasteiger partial charge < -0.3 is 10.4 Å². The highest BCUT2D eigenvalue weighted by Gasteiger charge is 2.21. The van der Waals surface area contributed by atoms with Crippen LogP contribution in [0.2, 0.25) is 0 Å². The van der Waals surface area contributed by atoms with Crippen LogP contribution in [0.1, 0.15) is 54.7 Å². The topological polar surface area (TPSA) is 32.3 Å². The van der Waals surface area contributed by atoms with E-state index in [2.05, 4.69) is 48.6 Å². The standard InChI is InChI=1S/C22H29NO/c1-17-4-6-18(7-5-17)3-2-16-23-21-12-8-19(9-13-21)20-10-14-22(24)15-11-20/h4-7,10-11,14-15,19,21,23-24H,2-3,8-9,12-13,16H2,1H3. The van der Waals surface area contributed by atoms with Crippen LogP contribution in [0.15, 0.2) is 48.5 Å². The highest BCUT2D eigenvalue weighted by molar-refractivity contribution is 5.28. The predicted molar refractivity (Wildman–Crippen MR) is 101 cm³/mol. The van der Waals surface area contributed by atoms with E-state index in [1.165, 1.54) is 48.8 Å². The summed E-state index contributed by atoms with van der Waals surface area (Å²) in [5.41, 5.74) is 4.16. The number of aryl methyl sites for hydroxylation is 2. The van der Waals surface area contributed by atoms with Crippen LogP contribution in [0.3, 0.4) is 0 Å². The summed E-state index contributed by atoms with van der Waals surface area (Å²) in [6.45, 7) is 3.25. The quantitative estimate of drug-likeness (QED) is 0.737. The first-order valence-electron chi connectivity index (χ1n) is 9.28. The van der Waals surface area contributed by atoms with Crippen molar-refractivity contribution in [3.05, 3.63) is 65.2 Å². The lowest BCUT2D eigenvalue weighted by Gasteiger charge is -2.29. The summed E-state index contributed by atoms with van der Waals surface area (Å²) < 4.78 is 0. The molecule has 0 spiro atoms. The van der Waals surface area contributed by atoms with E-state index in [0.717, 1.165) is 13.0 Å². The molecule has 0 bridgehead atoms. The summed E-state index contributed by atoms with van der Waals surface area (Å²) in [5.74, 6) is 1.03. The third-order valence-corrected chi connectivity index (χ3v) is 5.29. The Labute approximate surface area is 145 Å². The molecule has 1 fully saturated rings. The minimum atomic E-state index is 0.364. The fourth-order valence-electron chi connectivity index (χ4n) is 3.73. The van der Waals surface area contributed by atoms with Gasteiger partial charge in [-0.25, -0.2) is 0 Å². The smallest absolute Gasteiger partial charge is 0.115 e. The first-order chi connectivity index (χ1) is 11.7. The van der Waals surface area contributed by atoms with Gasteiger partial charge in [-0.3, -0.25) is 0 Å². The van der Waals surface area contributed by atoms with Crippen LogP contribution in [0.5, 0.6) is 5.75 Å². The third-order valence-electron chi connectivity index (χ3n) is 5.29. The average molecular weight is 323 g/mol. The first-order valence-corrected chi connectivity index (χ1v) is 9.28. The molecule has 2 heteroatoms. The van der Waals surface area contributed by atoms with Crippen molar-refractivity contribution >= 4 is 0 Å². The van der Waals surface area contributed by atoms with E-state index in [4.69, 9.17) is 0 Å². The van der Waals surface area contributed by atoms with Gasteiger partial charge in [0.2, 0.25) is 0 Å². The van der Waals surface area contributed by atoms with Crippen LogP contribution in [-0.4, -0.2) is 17.7 Å². The Bertz CT molecular complexity index is 609. The van der Waals surface area contributed by atoms with Gasteiger partial charge in [0.05, 0.1) is 0 Å². The molecular weight excluding hydrogens is 294 g/mol. The molecule has 0 saturated heterocycles. The van der Waals surface area contributed by atoms with Gasteiger partial charge in [-0.15, -0.1) is 0 Å². The van der Waals surface area contributed by atoms with Gasteiger partial charge in [0.15, 0.2) is 0 Å². The van der Waals surface area contributed by atoms with Crippen molar-refractivity contribution in [3.63, 3.8) is 0 Å². The molecule has 0 aromatic heterocycles. The molecule has 0 unspecified atom stereocenters. The fourth-order valence-corrected chi connectivity index (χ4v) is 3.73. The Morgan fingerprint density at radius 1 is 0.917 bits per heavy atom. The maximum Gasteiger partial charge on any atom is 0.115 e. The zero-order valence-electron chi connectivity index (χ0n) is 14.7. The van der Waals surface area contributed by atoms with Gasteiger partial charge in [0.25, 0.3) is 0 Å². The molecule has 3 rings (SSSR count). The minimum Gasteiger partial charge on any atom is -0.508 e. The molecule has 2 N–H and O–H groups in total. The van der Waals surface area contributed by atoms with Crippen molar-refractivity contribution in [1.82, 2.24) is 5.32 Å². The lowest BCUT2D eigenvalue weighted by Crippen LogP contribution is -2.33. The largest absolute Gasteiger partial charge is 0.508 e. The molecule has 1 saturated carbocycles. The Kier molecular flexibility index (Phi) is 5.92. The van der Waals surface area contributed by atoms with Gasteiger partial charge in [0.1, 0.15) is 5.75 Å². The number of phenols is 1. The second-order valence-corrected chi connectivity index (χ2v) is 7.18. The first kappa shape index (κ1) is 17.0. The Hall–Kier alpha value is -1.80. The SMILES string of the molecule is Cc1ccc(CCCNC2CCC(c3ccc(O)cc3)CC2)cc1. The van der Waals surface area contributed by atoms with Gasteiger partial charge in [-0.05, 0) is 81.2 Å². The molecule has 1 aliphatic rings. The molecule has 0 heterocycles. The molecule has 1 aliphatic carbocycles. The van der Waals surface area contributed by atoms with Gasteiger partial charge >= 0.3 is 0 Å². The highest BCUT2D eigenvalue weighted by atomic mass is 16.3. The average Bonchev–Trinajstić information content (AvgIpc) is 2.62. The van der Waals surface area contributed by atoms with Gasteiger partial charge in [-0.2, -0.15) is 0 Å². The molecule has 2 aromatic carbocycles. The van der Waals surface area contributed by atoms with Crippen molar-refractivity contribution in [2.24, 2.45) is 0 Å². The minimum absolute atomic E-state index is 0.364. The molecule has 128 valence electrons. The lowest BCUT2D eigenvalue weighted by atomic mass is 9.81. The van der Waals surface area contributed by atoms with Crippen LogP contribution >= 0.6 is 0 Å². The second-order valence-electron chi connectivity index (χ2n) is 7.18. The zero-order chi connectivity index (χ0) is 16.8. The van der Waals surface area contributed by atoms with Crippen LogP contribution in [0.4, 0.5) is 0 Å². The highest BCUT2D eigenvalue weighted by Crippen LogP contribution is 2.33. The van der Waals surface area contributed by atoms with E-state index in [-0.39, 0.29) is 0 Å². The number of hydrogen-bond acceptors (Lipinski definition) is 2. The van der Waals surface area contributed by atoms with Crippen LogP contribution in [-0.2, 0) is 6.42 Å². The van der Waals surface area contributed by atoms with Crippen molar-refractivity contribution < 1.29 is 5.11 Å². The molecule has 2 nitrogen and oxygen atoms in total. The summed E-state index contributed by atoms with van der Waals surface area (Å²) in [6.07, 6.45) is 7.39. The Morgan fingerprint density at radius 2 is 1.58 bits per heavy atom. The van der Waals surface area contributed by atoms with E-state index < -0.39 is 0 Å². The molecular formula is C22H29NO. The molecule has 0 amide bonds. The van der Waals surface area contributed by atoms with E-state index in [1.807, 2.05) is 12.1 Å². The van der Waals surface area contributed by atoms with E-state index >= 15 is 0 Å². The fraction of sp³-hybridized carbons (Fsp3) is 0.455. The summed E-state index contributed by atoms with van der Waals surface area (Å²) in [5, 5.41) is 13.1. The Balaban J connectivity index is 1.35. The predicted octanol–water partition coefficient (Wildman–Crippen LogP) is 4.95. The second kappa shape index (κ2) is 8.34. The summed E-state index contributed by atoms with van der Waals surface area (Å²) in [4.78, 5) is 0. The number of nitrogens with one attached hydrogen (secondary N) is 1. The van der Waals surface area contributed by atoms with E-state index in [0.29, 0.717) is 17.7 Å². The van der Waals surface area contributed by atoms with E-state index in [1.54, 1.807) is 0 Å². The van der Waals surface area contributed by atoms with Crippen molar-refractivity contribution in [2.75, 3.05) is 6.54 Å². The molecule has 0 aliphatic heterocycles. The number of rotatable bonds is 6. The molecule has 24 heavy (non-hydrogen) atoms. The molecule has 0 radical (unpaired) electrons. The van der Waals surface area contributed by atoms with Crippen molar-refractivity contribution in [1.29, 1.82) is 0 Å². The van der Waals surface area contributed by atoms with Gasteiger partial charge in [0, 0.05) is 6.04 Å². The third kappa shape index (κ3) is 4.85.